The monoisotopic (exact) mass is 310 g/mol. The van der Waals surface area contributed by atoms with Crippen LogP contribution in [0.2, 0.25) is 0 Å². The Balaban J connectivity index is 2.36. The van der Waals surface area contributed by atoms with E-state index < -0.39 is 0 Å². The first-order valence-corrected chi connectivity index (χ1v) is 8.01. The zero-order valence-corrected chi connectivity index (χ0v) is 14.6. The molecule has 0 radical (unpaired) electrons. The molecule has 126 valence electrons. The van der Waals surface area contributed by atoms with Crippen LogP contribution >= 0.6 is 0 Å². The molecule has 0 saturated carbocycles. The number of hydrogen-bond acceptors (Lipinski definition) is 4. The molecule has 4 heteroatoms. The normalized spacial score (nSPS) is 19.4. The van der Waals surface area contributed by atoms with Gasteiger partial charge in [-0.1, -0.05) is 25.8 Å². The van der Waals surface area contributed by atoms with Crippen molar-refractivity contribution in [3.8, 4) is 0 Å². The number of carbonyl (C=O) groups excluding carboxylic acids is 1. The fraction of sp³-hybridized carbons (Fsp3) is 0.722. The average molecular weight is 310 g/mol. The Morgan fingerprint density at radius 1 is 1.41 bits per heavy atom. The van der Waals surface area contributed by atoms with Crippen molar-refractivity contribution >= 4 is 5.97 Å². The molecule has 1 atom stereocenters. The lowest BCUT2D eigenvalue weighted by Crippen LogP contribution is -2.22. The van der Waals surface area contributed by atoms with E-state index in [1.54, 1.807) is 14.2 Å². The second kappa shape index (κ2) is 8.99. The van der Waals surface area contributed by atoms with Gasteiger partial charge in [-0.3, -0.25) is 4.79 Å². The van der Waals surface area contributed by atoms with Gasteiger partial charge in [-0.2, -0.15) is 0 Å². The maximum Gasteiger partial charge on any atom is 0.310 e. The Morgan fingerprint density at radius 2 is 2.14 bits per heavy atom. The summed E-state index contributed by atoms with van der Waals surface area (Å²) in [6.45, 7) is 6.86. The molecule has 22 heavy (non-hydrogen) atoms. The summed E-state index contributed by atoms with van der Waals surface area (Å²) in [5, 5.41) is 0. The second-order valence-corrected chi connectivity index (χ2v) is 6.61. The van der Waals surface area contributed by atoms with E-state index in [-0.39, 0.29) is 11.6 Å². The van der Waals surface area contributed by atoms with Gasteiger partial charge >= 0.3 is 5.97 Å². The predicted molar refractivity (Wildman–Crippen MR) is 87.5 cm³/mol. The first kappa shape index (κ1) is 18.8. The van der Waals surface area contributed by atoms with Gasteiger partial charge in [0.05, 0.1) is 19.1 Å². The van der Waals surface area contributed by atoms with E-state index in [0.29, 0.717) is 18.9 Å². The molecule has 1 saturated heterocycles. The summed E-state index contributed by atoms with van der Waals surface area (Å²) < 4.78 is 15.7. The molecule has 0 aromatic rings. The van der Waals surface area contributed by atoms with Crippen LogP contribution in [-0.2, 0) is 19.0 Å². The predicted octanol–water partition coefficient (Wildman–Crippen LogP) is 4.01. The minimum atomic E-state index is -0.174. The van der Waals surface area contributed by atoms with Crippen molar-refractivity contribution < 1.29 is 19.0 Å². The third-order valence-electron chi connectivity index (χ3n) is 4.17. The molecule has 1 aliphatic rings. The van der Waals surface area contributed by atoms with Gasteiger partial charge in [-0.05, 0) is 38.7 Å². The number of esters is 1. The minimum Gasteiger partial charge on any atom is -0.497 e. The highest BCUT2D eigenvalue weighted by Gasteiger charge is 2.20. The lowest BCUT2D eigenvalue weighted by molar-refractivity contribution is -0.137. The van der Waals surface area contributed by atoms with Crippen molar-refractivity contribution in [3.63, 3.8) is 0 Å². The Bertz CT molecular complexity index is 421. The molecule has 0 spiro atoms. The Labute approximate surface area is 134 Å². The van der Waals surface area contributed by atoms with Gasteiger partial charge in [-0.25, -0.2) is 0 Å². The molecule has 1 heterocycles. The summed E-state index contributed by atoms with van der Waals surface area (Å²) in [5.74, 6) is 1.21. The molecule has 1 rings (SSSR count). The van der Waals surface area contributed by atoms with Crippen LogP contribution in [0.3, 0.4) is 0 Å². The molecule has 0 N–H and O–H groups in total. The summed E-state index contributed by atoms with van der Waals surface area (Å²) in [6, 6.07) is 0. The van der Waals surface area contributed by atoms with E-state index in [1.165, 1.54) is 6.42 Å². The van der Waals surface area contributed by atoms with Crippen molar-refractivity contribution in [2.24, 2.45) is 5.92 Å². The molecule has 0 amide bonds. The van der Waals surface area contributed by atoms with Crippen molar-refractivity contribution in [2.45, 2.75) is 58.5 Å². The quantitative estimate of drug-likeness (QED) is 0.477. The van der Waals surface area contributed by atoms with Crippen LogP contribution in [0.15, 0.2) is 23.5 Å². The van der Waals surface area contributed by atoms with Crippen molar-refractivity contribution in [3.05, 3.63) is 23.5 Å². The maximum atomic E-state index is 11.1. The third kappa shape index (κ3) is 6.65. The minimum absolute atomic E-state index is 0.0296. The number of carbonyl (C=O) groups is 1. The molecular formula is C18H30O4. The zero-order valence-electron chi connectivity index (χ0n) is 14.6. The molecular weight excluding hydrogens is 280 g/mol. The van der Waals surface area contributed by atoms with Crippen LogP contribution in [-0.4, -0.2) is 32.4 Å². The van der Waals surface area contributed by atoms with Crippen molar-refractivity contribution in [1.82, 2.24) is 0 Å². The maximum absolute atomic E-state index is 11.1. The topological polar surface area (TPSA) is 44.8 Å². The van der Waals surface area contributed by atoms with Crippen LogP contribution in [0.1, 0.15) is 52.9 Å². The fourth-order valence-electron chi connectivity index (χ4n) is 2.44. The van der Waals surface area contributed by atoms with Gasteiger partial charge in [0, 0.05) is 12.7 Å². The highest BCUT2D eigenvalue weighted by molar-refractivity contribution is 5.75. The number of hydrogen-bond donors (Lipinski definition) is 0. The number of cyclic esters (lactones) is 1. The van der Waals surface area contributed by atoms with Crippen molar-refractivity contribution in [2.75, 3.05) is 20.8 Å². The van der Waals surface area contributed by atoms with Crippen LogP contribution in [0.5, 0.6) is 0 Å². The molecule has 0 bridgehead atoms. The molecule has 1 fully saturated rings. The van der Waals surface area contributed by atoms with Gasteiger partial charge in [0.1, 0.15) is 12.4 Å². The van der Waals surface area contributed by atoms with Gasteiger partial charge in [0.25, 0.3) is 0 Å². The number of allylic oxidation sites excluding steroid dienone is 2. The molecule has 1 unspecified atom stereocenters. The summed E-state index contributed by atoms with van der Waals surface area (Å²) >= 11 is 0. The summed E-state index contributed by atoms with van der Waals surface area (Å²) in [6.07, 6.45) is 8.85. The molecule has 0 aromatic carbocycles. The fourth-order valence-corrected chi connectivity index (χ4v) is 2.44. The van der Waals surface area contributed by atoms with Crippen LogP contribution in [0.25, 0.3) is 0 Å². The smallest absolute Gasteiger partial charge is 0.310 e. The van der Waals surface area contributed by atoms with Crippen molar-refractivity contribution in [1.29, 1.82) is 0 Å². The highest BCUT2D eigenvalue weighted by atomic mass is 16.5. The largest absolute Gasteiger partial charge is 0.497 e. The van der Waals surface area contributed by atoms with Gasteiger partial charge < -0.3 is 14.2 Å². The Morgan fingerprint density at radius 3 is 2.68 bits per heavy atom. The summed E-state index contributed by atoms with van der Waals surface area (Å²) in [5.41, 5.74) is 0.899. The van der Waals surface area contributed by atoms with E-state index in [4.69, 9.17) is 14.2 Å². The van der Waals surface area contributed by atoms with Gasteiger partial charge in [0.2, 0.25) is 0 Å². The van der Waals surface area contributed by atoms with E-state index in [2.05, 4.69) is 26.8 Å². The third-order valence-corrected chi connectivity index (χ3v) is 4.17. The lowest BCUT2D eigenvalue weighted by Gasteiger charge is -2.23. The number of rotatable bonds is 9. The first-order chi connectivity index (χ1) is 10.4. The standard InChI is InChI=1S/C18H30O4/c1-14(9-7-11-18(2,3)21-5)8-6-10-16(20-4)15-12-17(19)22-13-15/h6,10,14H,7-9,11-13H2,1-5H3/b10-6+,16-15?. The van der Waals surface area contributed by atoms with E-state index in [1.807, 2.05) is 6.08 Å². The summed E-state index contributed by atoms with van der Waals surface area (Å²) in [4.78, 5) is 11.1. The molecule has 1 aliphatic heterocycles. The molecule has 0 aliphatic carbocycles. The Kier molecular flexibility index (Phi) is 7.66. The number of ether oxygens (including phenoxy) is 3. The highest BCUT2D eigenvalue weighted by Crippen LogP contribution is 2.22. The Hall–Kier alpha value is -1.29. The van der Waals surface area contributed by atoms with E-state index in [9.17, 15) is 4.79 Å². The molecule has 0 aromatic heterocycles. The van der Waals surface area contributed by atoms with E-state index >= 15 is 0 Å². The van der Waals surface area contributed by atoms with Crippen LogP contribution in [0.4, 0.5) is 0 Å². The summed E-state index contributed by atoms with van der Waals surface area (Å²) in [7, 11) is 3.40. The average Bonchev–Trinajstić information content (AvgIpc) is 2.90. The number of methoxy groups -OCH3 is 2. The SMILES string of the molecule is COC(/C=C/CC(C)CCCC(C)(C)OC)=C1COC(=O)C1. The van der Waals surface area contributed by atoms with E-state index in [0.717, 1.165) is 30.6 Å². The zero-order chi connectivity index (χ0) is 16.6. The van der Waals surface area contributed by atoms with Crippen LogP contribution < -0.4 is 0 Å². The first-order valence-electron chi connectivity index (χ1n) is 8.01. The second-order valence-electron chi connectivity index (χ2n) is 6.61. The van der Waals surface area contributed by atoms with Gasteiger partial charge in [-0.15, -0.1) is 0 Å². The molecule has 4 nitrogen and oxygen atoms in total. The lowest BCUT2D eigenvalue weighted by atomic mass is 9.95. The van der Waals surface area contributed by atoms with Crippen LogP contribution in [0, 0.1) is 5.92 Å². The van der Waals surface area contributed by atoms with Gasteiger partial charge in [0.15, 0.2) is 0 Å².